The van der Waals surface area contributed by atoms with Crippen molar-refractivity contribution in [1.82, 2.24) is 19.9 Å². The van der Waals surface area contributed by atoms with Crippen LogP contribution < -0.4 is 5.32 Å². The molecule has 0 aromatic carbocycles. The molecule has 0 fully saturated rings. The van der Waals surface area contributed by atoms with E-state index in [1.165, 1.54) is 0 Å². The summed E-state index contributed by atoms with van der Waals surface area (Å²) in [5, 5.41) is 11.2. The van der Waals surface area contributed by atoms with Crippen LogP contribution in [0.15, 0.2) is 24.4 Å². The van der Waals surface area contributed by atoms with Crippen LogP contribution >= 0.6 is 15.9 Å². The van der Waals surface area contributed by atoms with Crippen molar-refractivity contribution in [1.29, 1.82) is 0 Å². The van der Waals surface area contributed by atoms with Gasteiger partial charge >= 0.3 is 0 Å². The Morgan fingerprint density at radius 3 is 3.12 bits per heavy atom. The van der Waals surface area contributed by atoms with E-state index in [2.05, 4.69) is 31.4 Å². The number of nitrogens with zero attached hydrogens (tertiary/aromatic N) is 3. The first-order valence-corrected chi connectivity index (χ1v) is 5.99. The maximum absolute atomic E-state index is 11.2. The van der Waals surface area contributed by atoms with E-state index in [9.17, 15) is 4.79 Å². The number of nitrogens with one attached hydrogen (secondary N) is 1. The van der Waals surface area contributed by atoms with E-state index in [0.717, 1.165) is 11.5 Å². The van der Waals surface area contributed by atoms with Crippen LogP contribution in [0.4, 0.5) is 0 Å². The van der Waals surface area contributed by atoms with Crippen molar-refractivity contribution in [3.05, 3.63) is 30.2 Å². The Bertz CT molecular complexity index is 510. The summed E-state index contributed by atoms with van der Waals surface area (Å²) in [6.45, 7) is 1.88. The van der Waals surface area contributed by atoms with Gasteiger partial charge in [0.15, 0.2) is 11.5 Å². The zero-order valence-electron chi connectivity index (χ0n) is 8.72. The van der Waals surface area contributed by atoms with Crippen molar-refractivity contribution in [2.24, 2.45) is 0 Å². The fraction of sp³-hybridized carbons (Fsp3) is 0.300. The lowest BCUT2D eigenvalue weighted by molar-refractivity contribution is -0.119. The maximum atomic E-state index is 11.2. The minimum atomic E-state index is -0.164. The number of carbonyl (C=O) groups excluding carboxylic acids is 1. The predicted molar refractivity (Wildman–Crippen MR) is 63.3 cm³/mol. The number of hydrogen-bond acceptors (Lipinski definition) is 3. The van der Waals surface area contributed by atoms with Crippen LogP contribution in [0.5, 0.6) is 0 Å². The second kappa shape index (κ2) is 4.61. The lowest BCUT2D eigenvalue weighted by Crippen LogP contribution is -2.28. The summed E-state index contributed by atoms with van der Waals surface area (Å²) in [5.41, 5.74) is 0.775. The zero-order valence-corrected chi connectivity index (χ0v) is 10.3. The molecule has 2 rings (SSSR count). The number of halogens is 1. The number of aromatic nitrogens is 3. The highest BCUT2D eigenvalue weighted by Gasteiger charge is 2.14. The third-order valence-electron chi connectivity index (χ3n) is 2.23. The molecule has 2 aromatic heterocycles. The van der Waals surface area contributed by atoms with E-state index in [-0.39, 0.29) is 17.3 Å². The smallest absolute Gasteiger partial charge is 0.231 e. The summed E-state index contributed by atoms with van der Waals surface area (Å²) in [6.07, 6.45) is 1.88. The first-order chi connectivity index (χ1) is 7.72. The first kappa shape index (κ1) is 11.1. The molecule has 0 aliphatic carbocycles. The van der Waals surface area contributed by atoms with Gasteiger partial charge in [0.2, 0.25) is 5.91 Å². The lowest BCUT2D eigenvalue weighted by atomic mass is 10.3. The van der Waals surface area contributed by atoms with E-state index in [4.69, 9.17) is 0 Å². The normalized spacial score (nSPS) is 12.6. The molecule has 16 heavy (non-hydrogen) atoms. The van der Waals surface area contributed by atoms with Crippen LogP contribution in [-0.4, -0.2) is 25.8 Å². The molecule has 0 spiro atoms. The van der Waals surface area contributed by atoms with Gasteiger partial charge in [-0.15, -0.1) is 10.2 Å². The molecule has 0 bridgehead atoms. The number of pyridine rings is 1. The van der Waals surface area contributed by atoms with Crippen LogP contribution in [0.2, 0.25) is 0 Å². The zero-order chi connectivity index (χ0) is 11.5. The molecule has 84 valence electrons. The number of alkyl halides is 1. The second-order valence-electron chi connectivity index (χ2n) is 3.41. The third-order valence-corrected chi connectivity index (χ3v) is 2.74. The molecule has 0 aliphatic heterocycles. The first-order valence-electron chi connectivity index (χ1n) is 4.87. The lowest BCUT2D eigenvalue weighted by Gasteiger charge is -2.10. The van der Waals surface area contributed by atoms with Gasteiger partial charge in [-0.25, -0.2) is 0 Å². The number of rotatable bonds is 3. The number of amides is 1. The van der Waals surface area contributed by atoms with Crippen LogP contribution in [0.25, 0.3) is 5.65 Å². The van der Waals surface area contributed by atoms with E-state index in [0.29, 0.717) is 0 Å². The van der Waals surface area contributed by atoms with Crippen LogP contribution in [0.1, 0.15) is 18.8 Å². The number of fused-ring (bicyclic) bond motifs is 1. The quantitative estimate of drug-likeness (QED) is 0.864. The van der Waals surface area contributed by atoms with Gasteiger partial charge in [0, 0.05) is 6.20 Å². The van der Waals surface area contributed by atoms with E-state index in [1.54, 1.807) is 0 Å². The monoisotopic (exact) mass is 282 g/mol. The van der Waals surface area contributed by atoms with Crippen molar-refractivity contribution in [2.75, 3.05) is 5.33 Å². The summed E-state index contributed by atoms with van der Waals surface area (Å²) in [5.74, 6) is 0.657. The molecule has 5 nitrogen and oxygen atoms in total. The fourth-order valence-electron chi connectivity index (χ4n) is 1.50. The summed E-state index contributed by atoms with van der Waals surface area (Å²) in [7, 11) is 0. The highest BCUT2D eigenvalue weighted by molar-refractivity contribution is 9.09. The van der Waals surface area contributed by atoms with Gasteiger partial charge in [0.1, 0.15) is 0 Å². The summed E-state index contributed by atoms with van der Waals surface area (Å²) < 4.78 is 1.86. The third kappa shape index (κ3) is 2.06. The van der Waals surface area contributed by atoms with Crippen molar-refractivity contribution >= 4 is 27.5 Å². The van der Waals surface area contributed by atoms with Gasteiger partial charge in [-0.05, 0) is 19.1 Å². The number of hydrogen-bond donors (Lipinski definition) is 1. The molecule has 1 amide bonds. The van der Waals surface area contributed by atoms with Gasteiger partial charge in [0.25, 0.3) is 0 Å². The van der Waals surface area contributed by atoms with Gasteiger partial charge in [-0.3, -0.25) is 9.20 Å². The average molecular weight is 283 g/mol. The van der Waals surface area contributed by atoms with Crippen molar-refractivity contribution < 1.29 is 4.79 Å². The molecular formula is C10H11BrN4O. The molecule has 0 aliphatic rings. The molecule has 6 heteroatoms. The Morgan fingerprint density at radius 2 is 2.38 bits per heavy atom. The minimum absolute atomic E-state index is 0.0693. The van der Waals surface area contributed by atoms with Crippen LogP contribution in [-0.2, 0) is 4.79 Å². The Kier molecular flexibility index (Phi) is 3.19. The molecule has 1 atom stereocenters. The Morgan fingerprint density at radius 1 is 1.56 bits per heavy atom. The predicted octanol–water partition coefficient (Wildman–Crippen LogP) is 1.30. The SMILES string of the molecule is CC(NC(=O)CBr)c1nnc2ccccn12. The summed E-state index contributed by atoms with van der Waals surface area (Å²) in [6, 6.07) is 5.51. The van der Waals surface area contributed by atoms with Crippen LogP contribution in [0, 0.1) is 0 Å². The molecule has 2 aromatic rings. The highest BCUT2D eigenvalue weighted by Crippen LogP contribution is 2.11. The van der Waals surface area contributed by atoms with Gasteiger partial charge in [0.05, 0.1) is 11.4 Å². The molecule has 0 saturated heterocycles. The van der Waals surface area contributed by atoms with E-state index >= 15 is 0 Å². The Balaban J connectivity index is 2.29. The molecule has 1 N–H and O–H groups in total. The van der Waals surface area contributed by atoms with Gasteiger partial charge < -0.3 is 5.32 Å². The average Bonchev–Trinajstić information content (AvgIpc) is 2.72. The van der Waals surface area contributed by atoms with Gasteiger partial charge in [-0.2, -0.15) is 0 Å². The van der Waals surface area contributed by atoms with Crippen molar-refractivity contribution in [2.45, 2.75) is 13.0 Å². The summed E-state index contributed by atoms with van der Waals surface area (Å²) >= 11 is 3.10. The number of carbonyl (C=O) groups is 1. The largest absolute Gasteiger partial charge is 0.346 e. The summed E-state index contributed by atoms with van der Waals surface area (Å²) in [4.78, 5) is 11.2. The molecule has 1 unspecified atom stereocenters. The van der Waals surface area contributed by atoms with E-state index < -0.39 is 0 Å². The standard InChI is InChI=1S/C10H11BrN4O/c1-7(12-9(16)6-11)10-14-13-8-4-2-3-5-15(8)10/h2-5,7H,6H2,1H3,(H,12,16). The van der Waals surface area contributed by atoms with Crippen LogP contribution in [0.3, 0.4) is 0 Å². The Hall–Kier alpha value is -1.43. The minimum Gasteiger partial charge on any atom is -0.346 e. The molecule has 0 saturated carbocycles. The Labute approximate surface area is 101 Å². The topological polar surface area (TPSA) is 59.3 Å². The second-order valence-corrected chi connectivity index (χ2v) is 3.97. The molecule has 0 radical (unpaired) electrons. The maximum Gasteiger partial charge on any atom is 0.231 e. The van der Waals surface area contributed by atoms with Crippen molar-refractivity contribution in [3.63, 3.8) is 0 Å². The fourth-order valence-corrected chi connectivity index (χ4v) is 1.66. The van der Waals surface area contributed by atoms with Crippen molar-refractivity contribution in [3.8, 4) is 0 Å². The highest BCUT2D eigenvalue weighted by atomic mass is 79.9. The van der Waals surface area contributed by atoms with E-state index in [1.807, 2.05) is 35.7 Å². The molecular weight excluding hydrogens is 272 g/mol. The molecule has 2 heterocycles. The van der Waals surface area contributed by atoms with Gasteiger partial charge in [-0.1, -0.05) is 22.0 Å².